The number of aromatic nitrogens is 4. The van der Waals surface area contributed by atoms with Crippen LogP contribution in [0.25, 0.3) is 11.2 Å². The van der Waals surface area contributed by atoms with Crippen LogP contribution >= 0.6 is 11.3 Å². The van der Waals surface area contributed by atoms with Crippen LogP contribution in [0.4, 0.5) is 0 Å². The third-order valence-corrected chi connectivity index (χ3v) is 5.44. The number of amides is 1. The van der Waals surface area contributed by atoms with E-state index in [2.05, 4.69) is 25.6 Å². The Morgan fingerprint density at radius 3 is 2.93 bits per heavy atom. The predicted molar refractivity (Wildman–Crippen MR) is 112 cm³/mol. The number of hydrogen-bond donors (Lipinski definition) is 2. The minimum atomic E-state index is -0.218. The van der Waals surface area contributed by atoms with Crippen molar-refractivity contribution < 1.29 is 9.90 Å². The van der Waals surface area contributed by atoms with E-state index in [4.69, 9.17) is 0 Å². The van der Waals surface area contributed by atoms with Gasteiger partial charge in [-0.1, -0.05) is 6.07 Å². The van der Waals surface area contributed by atoms with Gasteiger partial charge in [0.2, 0.25) is 0 Å². The topological polar surface area (TPSA) is 92.9 Å². The second-order valence-electron chi connectivity index (χ2n) is 6.89. The molecule has 8 heteroatoms. The fourth-order valence-corrected chi connectivity index (χ4v) is 3.84. The summed E-state index contributed by atoms with van der Waals surface area (Å²) in [6.07, 6.45) is 7.55. The molecule has 0 aromatic carbocycles. The van der Waals surface area contributed by atoms with E-state index < -0.39 is 0 Å². The molecule has 4 aromatic rings. The molecule has 1 amide bonds. The highest BCUT2D eigenvalue weighted by Crippen LogP contribution is 2.15. The van der Waals surface area contributed by atoms with Gasteiger partial charge in [0.25, 0.3) is 5.91 Å². The van der Waals surface area contributed by atoms with Gasteiger partial charge in [-0.3, -0.25) is 9.78 Å². The molecule has 0 fully saturated rings. The molecule has 0 aliphatic rings. The zero-order valence-corrected chi connectivity index (χ0v) is 16.5. The smallest absolute Gasteiger partial charge is 0.252 e. The van der Waals surface area contributed by atoms with Gasteiger partial charge >= 0.3 is 0 Å². The van der Waals surface area contributed by atoms with E-state index in [0.717, 1.165) is 17.6 Å². The summed E-state index contributed by atoms with van der Waals surface area (Å²) >= 11 is 1.63. The monoisotopic (exact) mass is 407 g/mol. The molecule has 0 aliphatic carbocycles. The highest BCUT2D eigenvalue weighted by atomic mass is 32.1. The van der Waals surface area contributed by atoms with Gasteiger partial charge in [0.15, 0.2) is 5.65 Å². The Labute approximate surface area is 172 Å². The molecular weight excluding hydrogens is 386 g/mol. The van der Waals surface area contributed by atoms with Gasteiger partial charge in [-0.05, 0) is 46.5 Å². The van der Waals surface area contributed by atoms with Crippen LogP contribution in [0.3, 0.4) is 0 Å². The largest absolute Gasteiger partial charge is 0.396 e. The number of fused-ring (bicyclic) bond motifs is 1. The number of aliphatic hydroxyl groups excluding tert-OH is 1. The quantitative estimate of drug-likeness (QED) is 0.468. The van der Waals surface area contributed by atoms with Gasteiger partial charge in [0.05, 0.1) is 18.4 Å². The van der Waals surface area contributed by atoms with Crippen molar-refractivity contribution in [3.63, 3.8) is 0 Å². The van der Waals surface area contributed by atoms with Gasteiger partial charge in [0.1, 0.15) is 5.52 Å². The summed E-state index contributed by atoms with van der Waals surface area (Å²) in [6, 6.07) is 7.66. The molecule has 0 saturated heterocycles. The average molecular weight is 407 g/mol. The van der Waals surface area contributed by atoms with Crippen LogP contribution in [0.5, 0.6) is 0 Å². The number of rotatable bonds is 8. The number of nitrogens with one attached hydrogen (secondary N) is 1. The predicted octanol–water partition coefficient (Wildman–Crippen LogP) is 2.52. The summed E-state index contributed by atoms with van der Waals surface area (Å²) in [6.45, 7) is 1.04. The van der Waals surface area contributed by atoms with Crippen LogP contribution < -0.4 is 5.32 Å². The third kappa shape index (κ3) is 4.67. The molecule has 0 aliphatic heterocycles. The van der Waals surface area contributed by atoms with Gasteiger partial charge in [-0.25, -0.2) is 9.97 Å². The van der Waals surface area contributed by atoms with Crippen molar-refractivity contribution in [3.8, 4) is 0 Å². The summed E-state index contributed by atoms with van der Waals surface area (Å²) in [4.78, 5) is 25.5. The molecule has 4 rings (SSSR count). The Bertz CT molecular complexity index is 1080. The number of hydrogen-bond acceptors (Lipinski definition) is 6. The van der Waals surface area contributed by atoms with E-state index >= 15 is 0 Å². The first-order chi connectivity index (χ1) is 14.2. The zero-order chi connectivity index (χ0) is 20.1. The molecule has 0 saturated carbocycles. The lowest BCUT2D eigenvalue weighted by atomic mass is 10.0. The van der Waals surface area contributed by atoms with Crippen molar-refractivity contribution in [1.82, 2.24) is 24.8 Å². The number of pyridine rings is 2. The fraction of sp³-hybridized carbons (Fsp3) is 0.238. The zero-order valence-electron chi connectivity index (χ0n) is 15.7. The van der Waals surface area contributed by atoms with Crippen molar-refractivity contribution in [3.05, 3.63) is 76.6 Å². The Balaban J connectivity index is 1.41. The second kappa shape index (κ2) is 8.93. The van der Waals surface area contributed by atoms with Crippen molar-refractivity contribution in [2.75, 3.05) is 13.2 Å². The standard InChI is InChI=1S/C21H21N5O2S/c27-12-17(6-15-3-5-29-13-15)9-24-21(28)18-7-19-20(23-10-18)26(14-25-19)11-16-2-1-4-22-8-16/h1-5,7-8,10,13-14,17,27H,6,9,11-12H2,(H,24,28). The SMILES string of the molecule is O=C(NCC(CO)Cc1ccsc1)c1cnc2c(c1)ncn2Cc1cccnc1. The minimum absolute atomic E-state index is 0.0200. The molecule has 7 nitrogen and oxygen atoms in total. The molecular formula is C21H21N5O2S. The first-order valence-corrected chi connectivity index (χ1v) is 10.3. The van der Waals surface area contributed by atoms with Gasteiger partial charge in [-0.15, -0.1) is 0 Å². The molecule has 0 spiro atoms. The molecule has 1 atom stereocenters. The van der Waals surface area contributed by atoms with Crippen LogP contribution in [0, 0.1) is 5.92 Å². The van der Waals surface area contributed by atoms with Crippen LogP contribution in [0.2, 0.25) is 0 Å². The maximum Gasteiger partial charge on any atom is 0.252 e. The van der Waals surface area contributed by atoms with Gasteiger partial charge in [0, 0.05) is 37.7 Å². The maximum atomic E-state index is 12.5. The average Bonchev–Trinajstić information content (AvgIpc) is 3.41. The van der Waals surface area contributed by atoms with E-state index in [-0.39, 0.29) is 18.4 Å². The van der Waals surface area contributed by atoms with Crippen molar-refractivity contribution in [1.29, 1.82) is 0 Å². The van der Waals surface area contributed by atoms with Gasteiger partial charge < -0.3 is 15.0 Å². The molecule has 148 valence electrons. The van der Waals surface area contributed by atoms with Crippen LogP contribution in [-0.4, -0.2) is 43.7 Å². The van der Waals surface area contributed by atoms with Crippen LogP contribution in [0.1, 0.15) is 21.5 Å². The fourth-order valence-electron chi connectivity index (χ4n) is 3.16. The highest BCUT2D eigenvalue weighted by Gasteiger charge is 2.14. The Morgan fingerprint density at radius 2 is 2.17 bits per heavy atom. The molecule has 0 bridgehead atoms. The molecule has 1 unspecified atom stereocenters. The Kier molecular flexibility index (Phi) is 5.92. The number of carbonyl (C=O) groups is 1. The Morgan fingerprint density at radius 1 is 1.24 bits per heavy atom. The minimum Gasteiger partial charge on any atom is -0.396 e. The lowest BCUT2D eigenvalue weighted by molar-refractivity contribution is 0.0939. The summed E-state index contributed by atoms with van der Waals surface area (Å²) in [5.41, 5.74) is 4.06. The molecule has 29 heavy (non-hydrogen) atoms. The van der Waals surface area contributed by atoms with Gasteiger partial charge in [-0.2, -0.15) is 11.3 Å². The number of thiophene rings is 1. The lowest BCUT2D eigenvalue weighted by Crippen LogP contribution is -2.31. The van der Waals surface area contributed by atoms with Crippen LogP contribution in [0.15, 0.2) is 59.9 Å². The summed E-state index contributed by atoms with van der Waals surface area (Å²) in [7, 11) is 0. The van der Waals surface area contributed by atoms with Crippen molar-refractivity contribution in [2.45, 2.75) is 13.0 Å². The number of nitrogens with zero attached hydrogens (tertiary/aromatic N) is 4. The van der Waals surface area contributed by atoms with E-state index in [1.807, 2.05) is 28.1 Å². The van der Waals surface area contributed by atoms with E-state index in [0.29, 0.717) is 24.2 Å². The first kappa shape index (κ1) is 19.2. The van der Waals surface area contributed by atoms with E-state index in [1.165, 1.54) is 5.56 Å². The van der Waals surface area contributed by atoms with Crippen molar-refractivity contribution >= 4 is 28.4 Å². The second-order valence-corrected chi connectivity index (χ2v) is 7.67. The molecule has 4 heterocycles. The lowest BCUT2D eigenvalue weighted by Gasteiger charge is -2.14. The highest BCUT2D eigenvalue weighted by molar-refractivity contribution is 7.07. The maximum absolute atomic E-state index is 12.5. The summed E-state index contributed by atoms with van der Waals surface area (Å²) in [5.74, 6) is -0.242. The van der Waals surface area contributed by atoms with E-state index in [1.54, 1.807) is 42.3 Å². The summed E-state index contributed by atoms with van der Waals surface area (Å²) < 4.78 is 1.93. The first-order valence-electron chi connectivity index (χ1n) is 9.33. The third-order valence-electron chi connectivity index (χ3n) is 4.71. The molecule has 0 radical (unpaired) electrons. The number of imidazole rings is 1. The van der Waals surface area contributed by atoms with Crippen molar-refractivity contribution in [2.24, 2.45) is 5.92 Å². The normalized spacial score (nSPS) is 12.2. The molecule has 2 N–H and O–H groups in total. The van der Waals surface area contributed by atoms with Crippen LogP contribution in [-0.2, 0) is 13.0 Å². The summed E-state index contributed by atoms with van der Waals surface area (Å²) in [5, 5.41) is 16.6. The molecule has 4 aromatic heterocycles. The number of aliphatic hydroxyl groups is 1. The Hall–Kier alpha value is -3.10. The van der Waals surface area contributed by atoms with E-state index in [9.17, 15) is 9.90 Å². The number of carbonyl (C=O) groups excluding carboxylic acids is 1.